The van der Waals surface area contributed by atoms with Crippen LogP contribution < -0.4 is 9.47 Å². The Hall–Kier alpha value is -1.45. The van der Waals surface area contributed by atoms with Crippen molar-refractivity contribution in [3.05, 3.63) is 22.7 Å². The molecule has 0 atom stereocenters. The first-order valence-corrected chi connectivity index (χ1v) is 4.89. The maximum absolute atomic E-state index is 12.4. The standard InChI is InChI=1S/C9H3ClF8O2/c10-4-2-6(20-9(16,17)18)5(19-7(11)12)1-3(4)8(13,14)15/h1-2,7H. The molecule has 1 rings (SSSR count). The van der Waals surface area contributed by atoms with Crippen LogP contribution in [-0.4, -0.2) is 13.0 Å². The Morgan fingerprint density at radius 3 is 1.90 bits per heavy atom. The molecule has 0 aliphatic carbocycles. The smallest absolute Gasteiger partial charge is 0.431 e. The zero-order valence-corrected chi connectivity index (χ0v) is 9.71. The highest BCUT2D eigenvalue weighted by atomic mass is 35.5. The average molecular weight is 331 g/mol. The minimum Gasteiger partial charge on any atom is -0.431 e. The molecule has 0 amide bonds. The zero-order valence-electron chi connectivity index (χ0n) is 8.95. The van der Waals surface area contributed by atoms with E-state index in [1.807, 2.05) is 0 Å². The summed E-state index contributed by atoms with van der Waals surface area (Å²) < 4.78 is 104. The van der Waals surface area contributed by atoms with Crippen LogP contribution in [0.4, 0.5) is 35.1 Å². The summed E-state index contributed by atoms with van der Waals surface area (Å²) in [5.74, 6) is -2.84. The monoisotopic (exact) mass is 330 g/mol. The van der Waals surface area contributed by atoms with Crippen molar-refractivity contribution in [3.63, 3.8) is 0 Å². The van der Waals surface area contributed by atoms with Gasteiger partial charge in [0.15, 0.2) is 11.5 Å². The van der Waals surface area contributed by atoms with Gasteiger partial charge in [-0.25, -0.2) is 0 Å². The SMILES string of the molecule is FC(F)Oc1cc(C(F)(F)F)c(Cl)cc1OC(F)(F)F. The molecule has 0 N–H and O–H groups in total. The summed E-state index contributed by atoms with van der Waals surface area (Å²) in [6.45, 7) is -3.65. The molecule has 0 fully saturated rings. The third-order valence-corrected chi connectivity index (χ3v) is 2.09. The molecular formula is C9H3ClF8O2. The summed E-state index contributed by atoms with van der Waals surface area (Å²) in [6, 6.07) is -0.00878. The zero-order chi connectivity index (χ0) is 15.7. The molecule has 1 aromatic carbocycles. The molecule has 20 heavy (non-hydrogen) atoms. The second-order valence-corrected chi connectivity index (χ2v) is 3.61. The lowest BCUT2D eigenvalue weighted by Crippen LogP contribution is -2.19. The summed E-state index contributed by atoms with van der Waals surface area (Å²) in [7, 11) is 0. The summed E-state index contributed by atoms with van der Waals surface area (Å²) in [5, 5.41) is -1.15. The van der Waals surface area contributed by atoms with E-state index in [1.54, 1.807) is 0 Å². The van der Waals surface area contributed by atoms with Gasteiger partial charge >= 0.3 is 19.2 Å². The van der Waals surface area contributed by atoms with Crippen molar-refractivity contribution >= 4 is 11.6 Å². The van der Waals surface area contributed by atoms with Crippen molar-refractivity contribution in [1.29, 1.82) is 0 Å². The van der Waals surface area contributed by atoms with Crippen LogP contribution in [0, 0.1) is 0 Å². The molecule has 0 aliphatic heterocycles. The van der Waals surface area contributed by atoms with Crippen LogP contribution in [0.5, 0.6) is 11.5 Å². The summed E-state index contributed by atoms with van der Waals surface area (Å²) in [6.07, 6.45) is -10.4. The predicted octanol–water partition coefficient (Wildman–Crippen LogP) is 4.86. The Balaban J connectivity index is 3.33. The van der Waals surface area contributed by atoms with E-state index in [9.17, 15) is 35.1 Å². The van der Waals surface area contributed by atoms with E-state index in [2.05, 4.69) is 9.47 Å². The number of hydrogen-bond acceptors (Lipinski definition) is 2. The molecule has 0 aliphatic rings. The molecule has 0 saturated carbocycles. The van der Waals surface area contributed by atoms with Crippen LogP contribution in [0.25, 0.3) is 0 Å². The number of ether oxygens (including phenoxy) is 2. The lowest BCUT2D eigenvalue weighted by atomic mass is 10.2. The van der Waals surface area contributed by atoms with E-state index in [4.69, 9.17) is 11.6 Å². The van der Waals surface area contributed by atoms with E-state index in [-0.39, 0.29) is 12.1 Å². The minimum absolute atomic E-state index is 0.0928. The maximum atomic E-state index is 12.4. The van der Waals surface area contributed by atoms with E-state index in [0.29, 0.717) is 0 Å². The minimum atomic E-state index is -5.32. The fourth-order valence-corrected chi connectivity index (χ4v) is 1.41. The van der Waals surface area contributed by atoms with Crippen molar-refractivity contribution in [1.82, 2.24) is 0 Å². The predicted molar refractivity (Wildman–Crippen MR) is 49.8 cm³/mol. The molecule has 0 saturated heterocycles. The number of benzene rings is 1. The molecule has 0 spiro atoms. The van der Waals surface area contributed by atoms with Gasteiger partial charge < -0.3 is 9.47 Å². The van der Waals surface area contributed by atoms with Crippen molar-refractivity contribution in [3.8, 4) is 11.5 Å². The molecule has 1 aromatic rings. The Morgan fingerprint density at radius 1 is 0.950 bits per heavy atom. The van der Waals surface area contributed by atoms with E-state index >= 15 is 0 Å². The van der Waals surface area contributed by atoms with Crippen molar-refractivity contribution in [2.75, 3.05) is 0 Å². The van der Waals surface area contributed by atoms with Gasteiger partial charge in [0.05, 0.1) is 10.6 Å². The van der Waals surface area contributed by atoms with Crippen LogP contribution >= 0.6 is 11.6 Å². The van der Waals surface area contributed by atoms with Crippen LogP contribution in [0.3, 0.4) is 0 Å². The lowest BCUT2D eigenvalue weighted by Gasteiger charge is -2.17. The topological polar surface area (TPSA) is 18.5 Å². The van der Waals surface area contributed by atoms with Gasteiger partial charge in [-0.2, -0.15) is 22.0 Å². The average Bonchev–Trinajstić information content (AvgIpc) is 2.16. The van der Waals surface area contributed by atoms with Crippen LogP contribution in [-0.2, 0) is 6.18 Å². The third-order valence-electron chi connectivity index (χ3n) is 1.78. The first kappa shape index (κ1) is 16.6. The molecule has 11 heteroatoms. The molecule has 0 radical (unpaired) electrons. The number of halogens is 9. The highest BCUT2D eigenvalue weighted by Crippen LogP contribution is 2.43. The second kappa shape index (κ2) is 5.51. The van der Waals surface area contributed by atoms with Gasteiger partial charge in [0.25, 0.3) is 0 Å². The first-order valence-electron chi connectivity index (χ1n) is 4.51. The van der Waals surface area contributed by atoms with Gasteiger partial charge in [0.2, 0.25) is 0 Å². The van der Waals surface area contributed by atoms with Crippen LogP contribution in [0.2, 0.25) is 5.02 Å². The van der Waals surface area contributed by atoms with Gasteiger partial charge in [0, 0.05) is 6.07 Å². The Morgan fingerprint density at radius 2 is 1.50 bits per heavy atom. The number of hydrogen-bond donors (Lipinski definition) is 0. The third kappa shape index (κ3) is 4.58. The number of alkyl halides is 8. The van der Waals surface area contributed by atoms with E-state index in [0.717, 1.165) is 0 Å². The van der Waals surface area contributed by atoms with Gasteiger partial charge in [-0.15, -0.1) is 13.2 Å². The summed E-state index contributed by atoms with van der Waals surface area (Å²) >= 11 is 5.14. The quantitative estimate of drug-likeness (QED) is 0.737. The molecular weight excluding hydrogens is 328 g/mol. The number of rotatable bonds is 3. The highest BCUT2D eigenvalue weighted by molar-refractivity contribution is 6.31. The van der Waals surface area contributed by atoms with Crippen molar-refractivity contribution in [2.45, 2.75) is 19.2 Å². The Kier molecular flexibility index (Phi) is 4.57. The fourth-order valence-electron chi connectivity index (χ4n) is 1.14. The first-order chi connectivity index (χ1) is 8.90. The lowest BCUT2D eigenvalue weighted by molar-refractivity contribution is -0.275. The fraction of sp³-hybridized carbons (Fsp3) is 0.333. The Bertz CT molecular complexity index is 482. The summed E-state index contributed by atoms with van der Waals surface area (Å²) in [4.78, 5) is 0. The molecule has 0 heterocycles. The molecule has 2 nitrogen and oxygen atoms in total. The largest absolute Gasteiger partial charge is 0.573 e. The molecule has 114 valence electrons. The van der Waals surface area contributed by atoms with E-state index < -0.39 is 41.2 Å². The van der Waals surface area contributed by atoms with Crippen LogP contribution in [0.1, 0.15) is 5.56 Å². The van der Waals surface area contributed by atoms with E-state index in [1.165, 1.54) is 0 Å². The highest BCUT2D eigenvalue weighted by Gasteiger charge is 2.37. The molecule has 0 aromatic heterocycles. The molecule has 0 bridgehead atoms. The normalized spacial score (nSPS) is 12.7. The van der Waals surface area contributed by atoms with Crippen LogP contribution in [0.15, 0.2) is 12.1 Å². The maximum Gasteiger partial charge on any atom is 0.573 e. The molecule has 0 unspecified atom stereocenters. The summed E-state index contributed by atoms with van der Waals surface area (Å²) in [5.41, 5.74) is -1.63. The van der Waals surface area contributed by atoms with Gasteiger partial charge in [0.1, 0.15) is 0 Å². The van der Waals surface area contributed by atoms with Gasteiger partial charge in [-0.1, -0.05) is 11.6 Å². The van der Waals surface area contributed by atoms with Crippen molar-refractivity contribution < 1.29 is 44.6 Å². The second-order valence-electron chi connectivity index (χ2n) is 3.20. The van der Waals surface area contributed by atoms with Gasteiger partial charge in [-0.3, -0.25) is 0 Å². The van der Waals surface area contributed by atoms with Crippen molar-refractivity contribution in [2.24, 2.45) is 0 Å². The van der Waals surface area contributed by atoms with Gasteiger partial charge in [-0.05, 0) is 6.07 Å². The Labute approximate surface area is 110 Å².